The minimum absolute atomic E-state index is 0.124. The Labute approximate surface area is 292 Å². The summed E-state index contributed by atoms with van der Waals surface area (Å²) in [4.78, 5) is 10.3. The summed E-state index contributed by atoms with van der Waals surface area (Å²) < 4.78 is 0. The zero-order valence-electron chi connectivity index (χ0n) is 28.1. The van der Waals surface area contributed by atoms with Crippen LogP contribution in [0.5, 0.6) is 0 Å². The second-order valence-corrected chi connectivity index (χ2v) is 14.1. The highest BCUT2D eigenvalue weighted by Gasteiger charge is 2.53. The van der Waals surface area contributed by atoms with Crippen LogP contribution in [0.1, 0.15) is 47.2 Å². The molecule has 0 unspecified atom stereocenters. The summed E-state index contributed by atoms with van der Waals surface area (Å²) >= 11 is 0. The molecular formula is C48H34N2. The molecule has 0 saturated heterocycles. The molecule has 10 rings (SSSR count). The van der Waals surface area contributed by atoms with Crippen molar-refractivity contribution in [2.45, 2.75) is 24.7 Å². The van der Waals surface area contributed by atoms with Gasteiger partial charge in [-0.05, 0) is 67.8 Å². The summed E-state index contributed by atoms with van der Waals surface area (Å²) in [6, 6.07) is 61.7. The van der Waals surface area contributed by atoms with Crippen molar-refractivity contribution >= 4 is 10.9 Å². The smallest absolute Gasteiger partial charge is 0.160 e. The quantitative estimate of drug-likeness (QED) is 0.192. The summed E-state index contributed by atoms with van der Waals surface area (Å²) in [6.45, 7) is 4.75. The summed E-state index contributed by atoms with van der Waals surface area (Å²) in [6.07, 6.45) is 0. The highest BCUT2D eigenvalue weighted by molar-refractivity contribution is 5.97. The number of benzene rings is 7. The predicted octanol–water partition coefficient (Wildman–Crippen LogP) is 11.6. The molecule has 0 aliphatic heterocycles. The first-order chi connectivity index (χ1) is 24.6. The molecule has 0 N–H and O–H groups in total. The molecule has 2 aliphatic carbocycles. The first-order valence-electron chi connectivity index (χ1n) is 17.4. The molecule has 50 heavy (non-hydrogen) atoms. The van der Waals surface area contributed by atoms with Crippen molar-refractivity contribution in [3.63, 3.8) is 0 Å². The molecule has 0 saturated carbocycles. The van der Waals surface area contributed by atoms with E-state index in [2.05, 4.69) is 172 Å². The van der Waals surface area contributed by atoms with Gasteiger partial charge in [-0.3, -0.25) is 0 Å². The Kier molecular flexibility index (Phi) is 6.17. The Morgan fingerprint density at radius 2 is 0.940 bits per heavy atom. The second kappa shape index (κ2) is 10.7. The van der Waals surface area contributed by atoms with E-state index in [-0.39, 0.29) is 5.41 Å². The van der Waals surface area contributed by atoms with E-state index >= 15 is 0 Å². The van der Waals surface area contributed by atoms with Crippen molar-refractivity contribution in [1.29, 1.82) is 0 Å². The van der Waals surface area contributed by atoms with Gasteiger partial charge in [0.25, 0.3) is 0 Å². The normalized spacial score (nSPS) is 14.5. The fraction of sp³-hybridized carbons (Fsp3) is 0.0833. The van der Waals surface area contributed by atoms with Gasteiger partial charge in [-0.25, -0.2) is 9.97 Å². The fourth-order valence-electron chi connectivity index (χ4n) is 9.00. The Morgan fingerprint density at radius 3 is 1.70 bits per heavy atom. The Balaban J connectivity index is 1.22. The van der Waals surface area contributed by atoms with E-state index in [9.17, 15) is 0 Å². The van der Waals surface area contributed by atoms with Crippen LogP contribution in [0.3, 0.4) is 0 Å². The van der Waals surface area contributed by atoms with E-state index in [1.807, 2.05) is 12.1 Å². The molecule has 2 aliphatic rings. The SMILES string of the molecule is CC1(C)c2ccccc2C2(c3ccccc3-c3c(-c4cccc(-c5nc(-c6ccccc6)c6ccccc6n5)c4)cccc32)c2ccccc21. The number of fused-ring (bicyclic) bond motifs is 10. The lowest BCUT2D eigenvalue weighted by Gasteiger charge is -2.46. The minimum atomic E-state index is -0.422. The molecule has 7 aromatic carbocycles. The van der Waals surface area contributed by atoms with Crippen LogP contribution in [0.2, 0.25) is 0 Å². The minimum Gasteiger partial charge on any atom is -0.228 e. The standard InChI is InChI=1S/C48H34N2/c1-47(2)38-24-9-11-26-40(38)48(41-27-12-10-25-39(41)47)37-23-8-6-20-35(37)44-34(22-15-28-42(44)48)32-18-14-19-33(30-32)46-49-43-29-13-7-21-36(43)45(50-46)31-16-4-3-5-17-31/h3-30H,1-2H3. The zero-order valence-corrected chi connectivity index (χ0v) is 28.1. The summed E-state index contributed by atoms with van der Waals surface area (Å²) in [5.74, 6) is 0.728. The molecule has 1 heterocycles. The first-order valence-corrected chi connectivity index (χ1v) is 17.4. The molecule has 236 valence electrons. The van der Waals surface area contributed by atoms with Crippen molar-refractivity contribution < 1.29 is 0 Å². The van der Waals surface area contributed by atoms with E-state index < -0.39 is 5.41 Å². The van der Waals surface area contributed by atoms with Crippen molar-refractivity contribution in [1.82, 2.24) is 9.97 Å². The van der Waals surface area contributed by atoms with Gasteiger partial charge >= 0.3 is 0 Å². The van der Waals surface area contributed by atoms with Gasteiger partial charge in [0.05, 0.1) is 16.6 Å². The largest absolute Gasteiger partial charge is 0.228 e. The van der Waals surface area contributed by atoms with Crippen LogP contribution >= 0.6 is 0 Å². The van der Waals surface area contributed by atoms with Gasteiger partial charge in [-0.2, -0.15) is 0 Å². The van der Waals surface area contributed by atoms with Crippen molar-refractivity contribution in [3.05, 3.63) is 203 Å². The lowest BCUT2D eigenvalue weighted by Crippen LogP contribution is -2.40. The molecule has 1 aromatic heterocycles. The van der Waals surface area contributed by atoms with Gasteiger partial charge in [-0.15, -0.1) is 0 Å². The van der Waals surface area contributed by atoms with E-state index in [1.165, 1.54) is 50.1 Å². The highest BCUT2D eigenvalue weighted by Crippen LogP contribution is 2.63. The summed E-state index contributed by atoms with van der Waals surface area (Å²) in [5.41, 5.74) is 16.6. The second-order valence-electron chi connectivity index (χ2n) is 14.1. The first kappa shape index (κ1) is 28.9. The Hall–Kier alpha value is -6.12. The lowest BCUT2D eigenvalue weighted by atomic mass is 9.55. The zero-order chi connectivity index (χ0) is 33.5. The molecule has 2 heteroatoms. The molecule has 0 radical (unpaired) electrons. The molecule has 0 atom stereocenters. The average Bonchev–Trinajstić information content (AvgIpc) is 3.48. The van der Waals surface area contributed by atoms with Crippen LogP contribution in [0.25, 0.3) is 55.8 Å². The highest BCUT2D eigenvalue weighted by atomic mass is 14.9. The number of nitrogens with zero attached hydrogens (tertiary/aromatic N) is 2. The maximum atomic E-state index is 5.21. The number of rotatable bonds is 3. The Bertz CT molecular complexity index is 2580. The van der Waals surface area contributed by atoms with E-state index in [0.29, 0.717) is 0 Å². The van der Waals surface area contributed by atoms with Crippen LogP contribution in [0, 0.1) is 0 Å². The topological polar surface area (TPSA) is 25.8 Å². The monoisotopic (exact) mass is 638 g/mol. The molecule has 2 nitrogen and oxygen atoms in total. The lowest BCUT2D eigenvalue weighted by molar-refractivity contribution is 0.563. The van der Waals surface area contributed by atoms with Crippen molar-refractivity contribution in [2.75, 3.05) is 0 Å². The predicted molar refractivity (Wildman–Crippen MR) is 205 cm³/mol. The molecule has 0 fully saturated rings. The number of aromatic nitrogens is 2. The van der Waals surface area contributed by atoms with E-state index in [1.54, 1.807) is 0 Å². The van der Waals surface area contributed by atoms with Crippen LogP contribution < -0.4 is 0 Å². The maximum absolute atomic E-state index is 5.21. The number of hydrogen-bond donors (Lipinski definition) is 0. The van der Waals surface area contributed by atoms with Crippen molar-refractivity contribution in [2.24, 2.45) is 0 Å². The molecule has 0 bridgehead atoms. The number of para-hydroxylation sites is 1. The van der Waals surface area contributed by atoms with E-state index in [4.69, 9.17) is 9.97 Å². The maximum Gasteiger partial charge on any atom is 0.160 e. The van der Waals surface area contributed by atoms with Gasteiger partial charge in [0, 0.05) is 21.9 Å². The van der Waals surface area contributed by atoms with Crippen LogP contribution in [-0.4, -0.2) is 9.97 Å². The van der Waals surface area contributed by atoms with Gasteiger partial charge in [0.15, 0.2) is 5.82 Å². The van der Waals surface area contributed by atoms with Gasteiger partial charge in [0.2, 0.25) is 0 Å². The Morgan fingerprint density at radius 1 is 0.400 bits per heavy atom. The third kappa shape index (κ3) is 3.90. The van der Waals surface area contributed by atoms with Crippen LogP contribution in [-0.2, 0) is 10.8 Å². The molecule has 0 amide bonds. The van der Waals surface area contributed by atoms with Gasteiger partial charge in [-0.1, -0.05) is 172 Å². The molecular weight excluding hydrogens is 605 g/mol. The van der Waals surface area contributed by atoms with Crippen molar-refractivity contribution in [3.8, 4) is 44.9 Å². The molecule has 1 spiro atoms. The average molecular weight is 639 g/mol. The summed E-state index contributed by atoms with van der Waals surface area (Å²) in [7, 11) is 0. The fourth-order valence-corrected chi connectivity index (χ4v) is 9.00. The molecule has 8 aromatic rings. The van der Waals surface area contributed by atoms with Gasteiger partial charge < -0.3 is 0 Å². The van der Waals surface area contributed by atoms with E-state index in [0.717, 1.165) is 39.1 Å². The third-order valence-electron chi connectivity index (χ3n) is 11.2. The number of hydrogen-bond acceptors (Lipinski definition) is 2. The van der Waals surface area contributed by atoms with Crippen LogP contribution in [0.15, 0.2) is 170 Å². The third-order valence-corrected chi connectivity index (χ3v) is 11.2. The van der Waals surface area contributed by atoms with Gasteiger partial charge in [0.1, 0.15) is 0 Å². The summed E-state index contributed by atoms with van der Waals surface area (Å²) in [5, 5.41) is 1.05. The van der Waals surface area contributed by atoms with Crippen LogP contribution in [0.4, 0.5) is 0 Å².